The number of hydrogen-bond acceptors (Lipinski definition) is 4. The monoisotopic (exact) mass is 329 g/mol. The van der Waals surface area contributed by atoms with E-state index in [0.717, 1.165) is 0 Å². The van der Waals surface area contributed by atoms with E-state index in [1.165, 1.54) is 10.6 Å². The average molecular weight is 330 g/mol. The summed E-state index contributed by atoms with van der Waals surface area (Å²) in [7, 11) is 1.63. The van der Waals surface area contributed by atoms with Crippen molar-refractivity contribution in [2.24, 2.45) is 18.2 Å². The van der Waals surface area contributed by atoms with Crippen molar-refractivity contribution in [1.29, 1.82) is 0 Å². The van der Waals surface area contributed by atoms with Crippen LogP contribution in [0.1, 0.15) is 27.2 Å². The Bertz CT molecular complexity index is 614. The molecular formula is C15H24ClN3O3. The third-order valence-electron chi connectivity index (χ3n) is 4.58. The first kappa shape index (κ1) is 18.7. The molecule has 0 spiro atoms. The van der Waals surface area contributed by atoms with Crippen LogP contribution in [0.4, 0.5) is 5.69 Å². The predicted octanol–water partition coefficient (Wildman–Crippen LogP) is 1.28. The van der Waals surface area contributed by atoms with Gasteiger partial charge < -0.3 is 20.4 Å². The summed E-state index contributed by atoms with van der Waals surface area (Å²) in [6.07, 6.45) is 2.05. The van der Waals surface area contributed by atoms with Crippen molar-refractivity contribution < 1.29 is 9.53 Å². The van der Waals surface area contributed by atoms with Crippen LogP contribution in [0.25, 0.3) is 0 Å². The minimum atomic E-state index is -0.971. The molecule has 1 saturated carbocycles. The summed E-state index contributed by atoms with van der Waals surface area (Å²) in [5.74, 6) is -0.248. The molecule has 124 valence electrons. The molecule has 1 aromatic rings. The predicted molar refractivity (Wildman–Crippen MR) is 88.3 cm³/mol. The summed E-state index contributed by atoms with van der Waals surface area (Å²) >= 11 is 0. The smallest absolute Gasteiger partial charge is 0.250 e. The van der Waals surface area contributed by atoms with E-state index in [2.05, 4.69) is 5.32 Å². The van der Waals surface area contributed by atoms with Crippen LogP contribution in [-0.4, -0.2) is 28.7 Å². The Morgan fingerprint density at radius 2 is 2.14 bits per heavy atom. The number of ether oxygens (including phenoxy) is 1. The zero-order valence-corrected chi connectivity index (χ0v) is 14.2. The van der Waals surface area contributed by atoms with Crippen molar-refractivity contribution in [1.82, 2.24) is 4.57 Å². The maximum absolute atomic E-state index is 12.5. The average Bonchev–Trinajstić information content (AvgIpc) is 2.42. The highest BCUT2D eigenvalue weighted by atomic mass is 35.5. The highest BCUT2D eigenvalue weighted by molar-refractivity contribution is 5.99. The van der Waals surface area contributed by atoms with Crippen molar-refractivity contribution in [3.8, 4) is 0 Å². The molecule has 2 rings (SSSR count). The Balaban J connectivity index is 0.00000242. The first-order valence-electron chi connectivity index (χ1n) is 7.11. The summed E-state index contributed by atoms with van der Waals surface area (Å²) in [5.41, 5.74) is 5.32. The summed E-state index contributed by atoms with van der Waals surface area (Å²) < 4.78 is 7.03. The van der Waals surface area contributed by atoms with Crippen LogP contribution in [-0.2, 0) is 16.6 Å². The molecule has 22 heavy (non-hydrogen) atoms. The van der Waals surface area contributed by atoms with Gasteiger partial charge in [0, 0.05) is 37.8 Å². The Hall–Kier alpha value is -1.37. The van der Waals surface area contributed by atoms with Crippen molar-refractivity contribution in [3.05, 3.63) is 28.7 Å². The van der Waals surface area contributed by atoms with Crippen LogP contribution in [0, 0.1) is 5.41 Å². The molecule has 2 atom stereocenters. The molecule has 3 N–H and O–H groups in total. The quantitative estimate of drug-likeness (QED) is 0.871. The standard InChI is InChI=1S/C15H23N3O3.ClH/c1-5-21-11-8-15(16,14(11,2)3)13(20)17-10-6-7-12(19)18(4)9-10;/h6-7,9,11H,5,8,16H2,1-4H3,(H,17,20);1H. The fourth-order valence-corrected chi connectivity index (χ4v) is 2.73. The van der Waals surface area contributed by atoms with Crippen LogP contribution < -0.4 is 16.6 Å². The van der Waals surface area contributed by atoms with Gasteiger partial charge in [0.15, 0.2) is 0 Å². The van der Waals surface area contributed by atoms with E-state index in [4.69, 9.17) is 10.5 Å². The third kappa shape index (κ3) is 2.91. The molecule has 0 radical (unpaired) electrons. The second-order valence-corrected chi connectivity index (χ2v) is 6.16. The van der Waals surface area contributed by atoms with Crippen LogP contribution in [0.5, 0.6) is 0 Å². The van der Waals surface area contributed by atoms with Crippen molar-refractivity contribution in [2.75, 3.05) is 11.9 Å². The van der Waals surface area contributed by atoms with Crippen LogP contribution in [0.2, 0.25) is 0 Å². The number of nitrogens with zero attached hydrogens (tertiary/aromatic N) is 1. The topological polar surface area (TPSA) is 86.3 Å². The highest BCUT2D eigenvalue weighted by Crippen LogP contribution is 2.50. The summed E-state index contributed by atoms with van der Waals surface area (Å²) in [6.45, 7) is 6.41. The number of hydrogen-bond donors (Lipinski definition) is 2. The molecule has 7 heteroatoms. The van der Waals surface area contributed by atoms with Gasteiger partial charge in [-0.3, -0.25) is 9.59 Å². The van der Waals surface area contributed by atoms with Gasteiger partial charge in [0.05, 0.1) is 11.8 Å². The van der Waals surface area contributed by atoms with E-state index in [9.17, 15) is 9.59 Å². The number of carbonyl (C=O) groups excluding carboxylic acids is 1. The van der Waals surface area contributed by atoms with Gasteiger partial charge in [0.2, 0.25) is 11.5 Å². The lowest BCUT2D eigenvalue weighted by Gasteiger charge is -2.57. The molecule has 1 heterocycles. The van der Waals surface area contributed by atoms with Crippen LogP contribution >= 0.6 is 12.4 Å². The minimum Gasteiger partial charge on any atom is -0.378 e. The van der Waals surface area contributed by atoms with Gasteiger partial charge in [-0.05, 0) is 13.0 Å². The maximum atomic E-state index is 12.5. The second-order valence-electron chi connectivity index (χ2n) is 6.16. The zero-order chi connectivity index (χ0) is 15.8. The fourth-order valence-electron chi connectivity index (χ4n) is 2.73. The summed E-state index contributed by atoms with van der Waals surface area (Å²) in [4.78, 5) is 23.8. The highest BCUT2D eigenvalue weighted by Gasteiger charge is 2.62. The van der Waals surface area contributed by atoms with Crippen molar-refractivity contribution in [2.45, 2.75) is 38.8 Å². The Morgan fingerprint density at radius 3 is 2.64 bits per heavy atom. The van der Waals surface area contributed by atoms with Gasteiger partial charge >= 0.3 is 0 Å². The molecule has 2 unspecified atom stereocenters. The Morgan fingerprint density at radius 1 is 1.50 bits per heavy atom. The lowest BCUT2D eigenvalue weighted by molar-refractivity contribution is -0.166. The molecule has 1 aromatic heterocycles. The van der Waals surface area contributed by atoms with E-state index in [-0.39, 0.29) is 30.0 Å². The number of halogens is 1. The first-order chi connectivity index (χ1) is 9.72. The number of rotatable bonds is 4. The number of nitrogens with one attached hydrogen (secondary N) is 1. The van der Waals surface area contributed by atoms with Crippen molar-refractivity contribution in [3.63, 3.8) is 0 Å². The molecule has 6 nitrogen and oxygen atoms in total. The number of amides is 1. The van der Waals surface area contributed by atoms with E-state index >= 15 is 0 Å². The van der Waals surface area contributed by atoms with Crippen LogP contribution in [0.3, 0.4) is 0 Å². The molecule has 0 bridgehead atoms. The fraction of sp³-hybridized carbons (Fsp3) is 0.600. The largest absolute Gasteiger partial charge is 0.378 e. The van der Waals surface area contributed by atoms with Gasteiger partial charge in [-0.1, -0.05) is 13.8 Å². The van der Waals surface area contributed by atoms with E-state index in [0.29, 0.717) is 18.7 Å². The van der Waals surface area contributed by atoms with Crippen LogP contribution in [0.15, 0.2) is 23.1 Å². The lowest BCUT2D eigenvalue weighted by atomic mass is 9.54. The molecule has 1 fully saturated rings. The number of pyridine rings is 1. The molecule has 0 aromatic carbocycles. The summed E-state index contributed by atoms with van der Waals surface area (Å²) in [5, 5.41) is 2.79. The molecule has 1 aliphatic carbocycles. The number of anilines is 1. The van der Waals surface area contributed by atoms with Gasteiger partial charge in [-0.25, -0.2) is 0 Å². The van der Waals surface area contributed by atoms with Crippen molar-refractivity contribution >= 4 is 24.0 Å². The lowest BCUT2D eigenvalue weighted by Crippen LogP contribution is -2.74. The molecule has 0 saturated heterocycles. The zero-order valence-electron chi connectivity index (χ0n) is 13.4. The van der Waals surface area contributed by atoms with Gasteiger partial charge in [-0.2, -0.15) is 0 Å². The summed E-state index contributed by atoms with van der Waals surface area (Å²) in [6, 6.07) is 2.99. The second kappa shape index (κ2) is 6.40. The Kier molecular flexibility index (Phi) is 5.43. The number of carbonyl (C=O) groups is 1. The third-order valence-corrected chi connectivity index (χ3v) is 4.58. The van der Waals surface area contributed by atoms with E-state index < -0.39 is 11.0 Å². The Labute approximate surface area is 136 Å². The number of aromatic nitrogens is 1. The van der Waals surface area contributed by atoms with E-state index in [1.807, 2.05) is 20.8 Å². The molecule has 0 aliphatic heterocycles. The number of aryl methyl sites for hydroxylation is 1. The van der Waals surface area contributed by atoms with Gasteiger partial charge in [-0.15, -0.1) is 12.4 Å². The van der Waals surface area contributed by atoms with Gasteiger partial charge in [0.25, 0.3) is 0 Å². The SMILES string of the molecule is CCOC1CC(N)(C(=O)Nc2ccc(=O)n(C)c2)C1(C)C.Cl. The first-order valence-corrected chi connectivity index (χ1v) is 7.11. The van der Waals surface area contributed by atoms with Gasteiger partial charge in [0.1, 0.15) is 5.54 Å². The molecule has 1 amide bonds. The minimum absolute atomic E-state index is 0. The molecule has 1 aliphatic rings. The normalized spacial score (nSPS) is 25.8. The number of nitrogens with two attached hydrogens (primary N) is 1. The molecular weight excluding hydrogens is 306 g/mol. The van der Waals surface area contributed by atoms with E-state index in [1.54, 1.807) is 19.3 Å². The maximum Gasteiger partial charge on any atom is 0.250 e.